The topological polar surface area (TPSA) is 58.2 Å². The van der Waals surface area contributed by atoms with E-state index in [4.69, 9.17) is 0 Å². The number of carbonyl (C=O) groups excluding carboxylic acids is 2. The Hall–Kier alpha value is -1.84. The first-order valence-corrected chi connectivity index (χ1v) is 10.2. The van der Waals surface area contributed by atoms with Crippen LogP contribution in [0.1, 0.15) is 67.8 Å². The van der Waals surface area contributed by atoms with Crippen molar-refractivity contribution in [3.8, 4) is 0 Å². The second-order valence-electron chi connectivity index (χ2n) is 8.83. The maximum atomic E-state index is 13.0. The SMILES string of the molecule is CCCNC(=O)c1ccc(CNC(=O)C23CC4CC(CC(C4)C2)C3)cc1. The van der Waals surface area contributed by atoms with Gasteiger partial charge >= 0.3 is 0 Å². The maximum Gasteiger partial charge on any atom is 0.251 e. The van der Waals surface area contributed by atoms with Crippen molar-refractivity contribution >= 4 is 11.8 Å². The van der Waals surface area contributed by atoms with Gasteiger partial charge in [-0.2, -0.15) is 0 Å². The number of rotatable bonds is 6. The number of amides is 2. The number of carbonyl (C=O) groups is 2. The van der Waals surface area contributed by atoms with Crippen LogP contribution in [0.2, 0.25) is 0 Å². The molecule has 0 unspecified atom stereocenters. The van der Waals surface area contributed by atoms with Gasteiger partial charge in [-0.1, -0.05) is 19.1 Å². The number of benzene rings is 1. The molecule has 4 aliphatic rings. The normalized spacial score (nSPS) is 31.7. The zero-order valence-electron chi connectivity index (χ0n) is 15.7. The third kappa shape index (κ3) is 3.38. The standard InChI is InChI=1S/C22H30N2O2/c1-2-7-23-20(25)19-5-3-15(4-6-19)14-24-21(26)22-11-16-8-17(12-22)10-18(9-16)13-22/h3-6,16-18H,2,7-14H2,1H3,(H,23,25)(H,24,26). The Kier molecular flexibility index (Phi) is 4.76. The first-order valence-electron chi connectivity index (χ1n) is 10.2. The van der Waals surface area contributed by atoms with Crippen molar-refractivity contribution in [3.05, 3.63) is 35.4 Å². The van der Waals surface area contributed by atoms with E-state index in [1.165, 1.54) is 19.3 Å². The van der Waals surface area contributed by atoms with E-state index in [0.717, 1.165) is 49.0 Å². The highest BCUT2D eigenvalue weighted by molar-refractivity contribution is 5.94. The number of nitrogens with one attached hydrogen (secondary N) is 2. The summed E-state index contributed by atoms with van der Waals surface area (Å²) < 4.78 is 0. The van der Waals surface area contributed by atoms with Crippen molar-refractivity contribution in [3.63, 3.8) is 0 Å². The highest BCUT2D eigenvalue weighted by Crippen LogP contribution is 2.60. The lowest BCUT2D eigenvalue weighted by Crippen LogP contribution is -2.53. The molecule has 4 heteroatoms. The molecule has 26 heavy (non-hydrogen) atoms. The minimum atomic E-state index is -0.0886. The lowest BCUT2D eigenvalue weighted by Gasteiger charge is -2.55. The van der Waals surface area contributed by atoms with Crippen molar-refractivity contribution in [2.24, 2.45) is 23.2 Å². The monoisotopic (exact) mass is 354 g/mol. The Balaban J connectivity index is 1.34. The van der Waals surface area contributed by atoms with Gasteiger partial charge in [0.05, 0.1) is 0 Å². The molecule has 4 aliphatic carbocycles. The lowest BCUT2D eigenvalue weighted by atomic mass is 9.49. The third-order valence-electron chi connectivity index (χ3n) is 6.72. The van der Waals surface area contributed by atoms with Crippen LogP contribution in [-0.2, 0) is 11.3 Å². The molecule has 5 rings (SSSR count). The second kappa shape index (κ2) is 7.05. The van der Waals surface area contributed by atoms with E-state index < -0.39 is 0 Å². The fourth-order valence-electron chi connectivity index (χ4n) is 5.87. The molecule has 0 radical (unpaired) electrons. The fourth-order valence-corrected chi connectivity index (χ4v) is 5.87. The van der Waals surface area contributed by atoms with Crippen LogP contribution in [0.5, 0.6) is 0 Å². The first kappa shape index (κ1) is 17.6. The molecule has 140 valence electrons. The molecule has 0 saturated heterocycles. The molecule has 4 fully saturated rings. The van der Waals surface area contributed by atoms with Gasteiger partial charge in [0, 0.05) is 24.1 Å². The van der Waals surface area contributed by atoms with Crippen molar-refractivity contribution in [2.45, 2.75) is 58.4 Å². The summed E-state index contributed by atoms with van der Waals surface area (Å²) in [6.07, 6.45) is 8.29. The Morgan fingerprint density at radius 3 is 2.08 bits per heavy atom. The molecule has 0 heterocycles. The van der Waals surface area contributed by atoms with E-state index in [-0.39, 0.29) is 17.2 Å². The highest BCUT2D eigenvalue weighted by Gasteiger charge is 2.54. The summed E-state index contributed by atoms with van der Waals surface area (Å²) in [5.41, 5.74) is 1.64. The van der Waals surface area contributed by atoms with Gasteiger partial charge in [0.1, 0.15) is 0 Å². The smallest absolute Gasteiger partial charge is 0.251 e. The minimum absolute atomic E-state index is 0.0315. The Labute approximate surface area is 156 Å². The largest absolute Gasteiger partial charge is 0.352 e. The summed E-state index contributed by atoms with van der Waals surface area (Å²) in [4.78, 5) is 24.9. The molecule has 4 nitrogen and oxygen atoms in total. The summed E-state index contributed by atoms with van der Waals surface area (Å²) in [6, 6.07) is 7.58. The van der Waals surface area contributed by atoms with Crippen LogP contribution in [0.4, 0.5) is 0 Å². The Bertz CT molecular complexity index is 645. The molecule has 4 saturated carbocycles. The number of hydrogen-bond acceptors (Lipinski definition) is 2. The van der Waals surface area contributed by atoms with Gasteiger partial charge in [-0.3, -0.25) is 9.59 Å². The van der Waals surface area contributed by atoms with Gasteiger partial charge in [-0.15, -0.1) is 0 Å². The van der Waals surface area contributed by atoms with Gasteiger partial charge in [0.15, 0.2) is 0 Å². The van der Waals surface area contributed by atoms with Crippen molar-refractivity contribution in [1.29, 1.82) is 0 Å². The van der Waals surface area contributed by atoms with E-state index in [2.05, 4.69) is 10.6 Å². The molecule has 0 aliphatic heterocycles. The Morgan fingerprint density at radius 2 is 1.54 bits per heavy atom. The first-order chi connectivity index (χ1) is 12.6. The molecular formula is C22H30N2O2. The van der Waals surface area contributed by atoms with E-state index >= 15 is 0 Å². The summed E-state index contributed by atoms with van der Waals surface area (Å²) in [5.74, 6) is 2.59. The molecule has 1 aromatic rings. The predicted octanol–water partition coefficient (Wildman–Crippen LogP) is 3.66. The van der Waals surface area contributed by atoms with Crippen LogP contribution in [0, 0.1) is 23.2 Å². The molecule has 1 aromatic carbocycles. The van der Waals surface area contributed by atoms with Crippen molar-refractivity contribution in [1.82, 2.24) is 10.6 Å². The predicted molar refractivity (Wildman–Crippen MR) is 102 cm³/mol. The summed E-state index contributed by atoms with van der Waals surface area (Å²) in [7, 11) is 0. The molecule has 2 amide bonds. The molecule has 2 N–H and O–H groups in total. The summed E-state index contributed by atoms with van der Waals surface area (Å²) in [5, 5.41) is 6.08. The van der Waals surface area contributed by atoms with E-state index in [9.17, 15) is 9.59 Å². The zero-order valence-corrected chi connectivity index (χ0v) is 15.7. The van der Waals surface area contributed by atoms with Gasteiger partial charge in [0.2, 0.25) is 5.91 Å². The van der Waals surface area contributed by atoms with Crippen LogP contribution < -0.4 is 10.6 Å². The van der Waals surface area contributed by atoms with Gasteiger partial charge in [0.25, 0.3) is 5.91 Å². The van der Waals surface area contributed by atoms with E-state index in [1.807, 2.05) is 31.2 Å². The van der Waals surface area contributed by atoms with Crippen molar-refractivity contribution in [2.75, 3.05) is 6.54 Å². The molecule has 0 atom stereocenters. The molecular weight excluding hydrogens is 324 g/mol. The van der Waals surface area contributed by atoms with Crippen LogP contribution in [0.3, 0.4) is 0 Å². The van der Waals surface area contributed by atoms with Crippen LogP contribution in [0.15, 0.2) is 24.3 Å². The molecule has 0 aromatic heterocycles. The Morgan fingerprint density at radius 1 is 0.962 bits per heavy atom. The summed E-state index contributed by atoms with van der Waals surface area (Å²) >= 11 is 0. The average Bonchev–Trinajstić information content (AvgIpc) is 2.63. The molecule has 4 bridgehead atoms. The highest BCUT2D eigenvalue weighted by atomic mass is 16.2. The third-order valence-corrected chi connectivity index (χ3v) is 6.72. The second-order valence-corrected chi connectivity index (χ2v) is 8.83. The van der Waals surface area contributed by atoms with Gasteiger partial charge in [-0.05, 0) is 80.4 Å². The maximum absolute atomic E-state index is 13.0. The van der Waals surface area contributed by atoms with E-state index in [0.29, 0.717) is 18.7 Å². The van der Waals surface area contributed by atoms with Crippen molar-refractivity contribution < 1.29 is 9.59 Å². The van der Waals surface area contributed by atoms with Gasteiger partial charge in [-0.25, -0.2) is 0 Å². The van der Waals surface area contributed by atoms with Crippen LogP contribution in [0.25, 0.3) is 0 Å². The quantitative estimate of drug-likeness (QED) is 0.819. The fraction of sp³-hybridized carbons (Fsp3) is 0.636. The van der Waals surface area contributed by atoms with Gasteiger partial charge < -0.3 is 10.6 Å². The molecule has 0 spiro atoms. The minimum Gasteiger partial charge on any atom is -0.352 e. The lowest BCUT2D eigenvalue weighted by molar-refractivity contribution is -0.146. The van der Waals surface area contributed by atoms with Crippen LogP contribution in [-0.4, -0.2) is 18.4 Å². The number of hydrogen-bond donors (Lipinski definition) is 2. The average molecular weight is 354 g/mol. The summed E-state index contributed by atoms with van der Waals surface area (Å²) in [6.45, 7) is 3.29. The van der Waals surface area contributed by atoms with E-state index in [1.54, 1.807) is 0 Å². The van der Waals surface area contributed by atoms with Crippen LogP contribution >= 0.6 is 0 Å². The zero-order chi connectivity index (χ0) is 18.1.